The summed E-state index contributed by atoms with van der Waals surface area (Å²) in [6, 6.07) is 14.4. The highest BCUT2D eigenvalue weighted by Crippen LogP contribution is 2.33. The number of hydrogen-bond donors (Lipinski definition) is 2. The summed E-state index contributed by atoms with van der Waals surface area (Å²) in [6.45, 7) is 7.88. The number of fused-ring (bicyclic) bond motifs is 2. The largest absolute Gasteiger partial charge is 0.336 e. The van der Waals surface area contributed by atoms with Crippen molar-refractivity contribution < 1.29 is 0 Å². The van der Waals surface area contributed by atoms with Gasteiger partial charge in [-0.15, -0.1) is 11.3 Å². The molecule has 5 aromatic rings. The zero-order valence-electron chi connectivity index (χ0n) is 17.3. The number of rotatable bonds is 5. The van der Waals surface area contributed by atoms with Crippen LogP contribution >= 0.6 is 11.3 Å². The zero-order chi connectivity index (χ0) is 21.4. The Balaban J connectivity index is 1.66. The maximum absolute atomic E-state index is 4.93. The highest BCUT2D eigenvalue weighted by Gasteiger charge is 2.17. The van der Waals surface area contributed by atoms with Crippen molar-refractivity contribution >= 4 is 39.0 Å². The summed E-state index contributed by atoms with van der Waals surface area (Å²) in [5, 5.41) is 9.70. The van der Waals surface area contributed by atoms with Crippen molar-refractivity contribution in [1.82, 2.24) is 25.1 Å². The molecule has 5 rings (SSSR count). The van der Waals surface area contributed by atoms with Gasteiger partial charge < -0.3 is 4.98 Å². The molecule has 2 N–H and O–H groups in total. The summed E-state index contributed by atoms with van der Waals surface area (Å²) in [4.78, 5) is 14.5. The van der Waals surface area contributed by atoms with Gasteiger partial charge in [-0.1, -0.05) is 43.0 Å². The van der Waals surface area contributed by atoms with Gasteiger partial charge in [0.05, 0.1) is 22.2 Å². The minimum Gasteiger partial charge on any atom is -0.336 e. The Kier molecular flexibility index (Phi) is 4.84. The monoisotopic (exact) mass is 423 g/mol. The van der Waals surface area contributed by atoms with E-state index < -0.39 is 0 Å². The van der Waals surface area contributed by atoms with Crippen molar-refractivity contribution in [2.45, 2.75) is 13.8 Å². The number of para-hydroxylation sites is 1. The quantitative estimate of drug-likeness (QED) is 0.307. The summed E-state index contributed by atoms with van der Waals surface area (Å²) in [7, 11) is 0. The van der Waals surface area contributed by atoms with Crippen molar-refractivity contribution in [1.29, 1.82) is 0 Å². The summed E-state index contributed by atoms with van der Waals surface area (Å²) < 4.78 is 0. The molecule has 31 heavy (non-hydrogen) atoms. The van der Waals surface area contributed by atoms with Crippen LogP contribution in [0.1, 0.15) is 19.5 Å². The summed E-state index contributed by atoms with van der Waals surface area (Å²) in [6.07, 6.45) is 5.85. The molecule has 6 heteroatoms. The number of imidazole rings is 1. The van der Waals surface area contributed by atoms with Crippen LogP contribution in [-0.4, -0.2) is 25.1 Å². The van der Waals surface area contributed by atoms with E-state index in [1.807, 2.05) is 37.3 Å². The van der Waals surface area contributed by atoms with E-state index in [1.54, 1.807) is 17.4 Å². The SMILES string of the molecule is C=C/C=C(C)\C(=C/C)c1ccc2[nH]nc(-c3nc4c(-c5cccs5)cccc4[nH]3)c2n1. The molecule has 0 saturated carbocycles. The molecule has 0 aliphatic heterocycles. The van der Waals surface area contributed by atoms with E-state index in [-0.39, 0.29) is 0 Å². The fourth-order valence-corrected chi connectivity index (χ4v) is 4.59. The predicted octanol–water partition coefficient (Wildman–Crippen LogP) is 6.77. The van der Waals surface area contributed by atoms with Gasteiger partial charge in [-0.25, -0.2) is 9.97 Å². The molecular formula is C25H21N5S. The highest BCUT2D eigenvalue weighted by atomic mass is 32.1. The van der Waals surface area contributed by atoms with E-state index in [9.17, 15) is 0 Å². The lowest BCUT2D eigenvalue weighted by molar-refractivity contribution is 1.10. The van der Waals surface area contributed by atoms with Crippen molar-refractivity contribution in [3.63, 3.8) is 0 Å². The summed E-state index contributed by atoms with van der Waals surface area (Å²) in [5.41, 5.74) is 8.48. The van der Waals surface area contributed by atoms with Gasteiger partial charge in [-0.2, -0.15) is 5.10 Å². The van der Waals surface area contributed by atoms with E-state index in [4.69, 9.17) is 9.97 Å². The molecule has 5 nitrogen and oxygen atoms in total. The van der Waals surface area contributed by atoms with Crippen LogP contribution in [0.25, 0.3) is 49.6 Å². The number of benzene rings is 1. The minimum absolute atomic E-state index is 0.704. The van der Waals surface area contributed by atoms with Crippen molar-refractivity contribution in [2.24, 2.45) is 0 Å². The predicted molar refractivity (Wildman–Crippen MR) is 130 cm³/mol. The van der Waals surface area contributed by atoms with Crippen LogP contribution in [-0.2, 0) is 0 Å². The first-order chi connectivity index (χ1) is 15.2. The molecule has 0 aliphatic carbocycles. The first kappa shape index (κ1) is 19.2. The second-order valence-electron chi connectivity index (χ2n) is 7.22. The Hall–Kier alpha value is -3.77. The van der Waals surface area contributed by atoms with Crippen LogP contribution in [0.5, 0.6) is 0 Å². The third-order valence-corrected chi connectivity index (χ3v) is 6.19. The van der Waals surface area contributed by atoms with E-state index in [0.717, 1.165) is 44.5 Å². The molecule has 0 amide bonds. The van der Waals surface area contributed by atoms with E-state index >= 15 is 0 Å². The van der Waals surface area contributed by atoms with Gasteiger partial charge in [0.15, 0.2) is 11.5 Å². The third-order valence-electron chi connectivity index (χ3n) is 5.29. The topological polar surface area (TPSA) is 70.2 Å². The Morgan fingerprint density at radius 3 is 2.71 bits per heavy atom. The molecule has 0 fully saturated rings. The zero-order valence-corrected chi connectivity index (χ0v) is 18.1. The lowest BCUT2D eigenvalue weighted by atomic mass is 10.0. The first-order valence-corrected chi connectivity index (χ1v) is 10.9. The summed E-state index contributed by atoms with van der Waals surface area (Å²) >= 11 is 1.71. The fraction of sp³-hybridized carbons (Fsp3) is 0.0800. The number of nitrogens with one attached hydrogen (secondary N) is 2. The van der Waals surface area contributed by atoms with E-state index in [1.165, 1.54) is 4.88 Å². The molecule has 0 atom stereocenters. The summed E-state index contributed by atoms with van der Waals surface area (Å²) in [5.74, 6) is 0.704. The number of aromatic nitrogens is 5. The molecule has 0 bridgehead atoms. The van der Waals surface area contributed by atoms with Crippen LogP contribution in [0, 0.1) is 0 Å². The number of hydrogen-bond acceptors (Lipinski definition) is 4. The molecule has 0 aliphatic rings. The van der Waals surface area contributed by atoms with Crippen LogP contribution in [0.4, 0.5) is 0 Å². The highest BCUT2D eigenvalue weighted by molar-refractivity contribution is 7.13. The number of aromatic amines is 2. The maximum Gasteiger partial charge on any atom is 0.161 e. The van der Waals surface area contributed by atoms with Crippen molar-refractivity contribution in [3.05, 3.63) is 83.9 Å². The Labute approximate surface area is 183 Å². The van der Waals surface area contributed by atoms with Gasteiger partial charge >= 0.3 is 0 Å². The van der Waals surface area contributed by atoms with Crippen LogP contribution in [0.3, 0.4) is 0 Å². The average Bonchev–Trinajstić information content (AvgIpc) is 3.52. The van der Waals surface area contributed by atoms with Gasteiger partial charge in [-0.3, -0.25) is 5.10 Å². The smallest absolute Gasteiger partial charge is 0.161 e. The standard InChI is InChI=1S/C25H21N5S/c1-4-8-15(3)16(5-2)18-12-13-20-23(26-18)24(30-29-20)25-27-19-10-6-9-17(22(19)28-25)21-11-7-14-31-21/h4-14H,1H2,2-3H3,(H,27,28)(H,29,30)/b15-8-,16-5+. The lowest BCUT2D eigenvalue weighted by Crippen LogP contribution is -1.92. The minimum atomic E-state index is 0.704. The second kappa shape index (κ2) is 7.81. The van der Waals surface area contributed by atoms with Gasteiger partial charge in [0, 0.05) is 10.4 Å². The number of nitrogens with zero attached hydrogens (tertiary/aromatic N) is 3. The number of thiophene rings is 1. The van der Waals surface area contributed by atoms with E-state index in [2.05, 4.69) is 58.3 Å². The average molecular weight is 424 g/mol. The van der Waals surface area contributed by atoms with Crippen LogP contribution in [0.15, 0.2) is 78.2 Å². The first-order valence-electron chi connectivity index (χ1n) is 10.0. The Morgan fingerprint density at radius 1 is 1.03 bits per heavy atom. The van der Waals surface area contributed by atoms with Crippen molar-refractivity contribution in [3.8, 4) is 22.0 Å². The molecule has 0 radical (unpaired) electrons. The molecule has 4 heterocycles. The number of H-pyrrole nitrogens is 2. The maximum atomic E-state index is 4.93. The van der Waals surface area contributed by atoms with E-state index in [0.29, 0.717) is 11.5 Å². The third kappa shape index (κ3) is 3.31. The normalized spacial score (nSPS) is 12.7. The van der Waals surface area contributed by atoms with Gasteiger partial charge in [0.25, 0.3) is 0 Å². The number of allylic oxidation sites excluding steroid dienone is 5. The molecular weight excluding hydrogens is 402 g/mol. The van der Waals surface area contributed by atoms with Gasteiger partial charge in [0.2, 0.25) is 0 Å². The Morgan fingerprint density at radius 2 is 1.94 bits per heavy atom. The molecule has 0 unspecified atom stereocenters. The molecule has 0 saturated heterocycles. The Bertz CT molecular complexity index is 1460. The molecule has 152 valence electrons. The lowest BCUT2D eigenvalue weighted by Gasteiger charge is -2.07. The van der Waals surface area contributed by atoms with Crippen molar-refractivity contribution in [2.75, 3.05) is 0 Å². The number of pyridine rings is 1. The van der Waals surface area contributed by atoms with Gasteiger partial charge in [0.1, 0.15) is 5.52 Å². The fourth-order valence-electron chi connectivity index (χ4n) is 3.83. The molecule has 1 aromatic carbocycles. The second-order valence-corrected chi connectivity index (χ2v) is 8.16. The van der Waals surface area contributed by atoms with Crippen LogP contribution < -0.4 is 0 Å². The molecule has 0 spiro atoms. The van der Waals surface area contributed by atoms with Crippen LogP contribution in [0.2, 0.25) is 0 Å². The van der Waals surface area contributed by atoms with Gasteiger partial charge in [-0.05, 0) is 54.6 Å². The molecule has 4 aromatic heterocycles.